The van der Waals surface area contributed by atoms with Gasteiger partial charge in [-0.05, 0) is 135 Å². The summed E-state index contributed by atoms with van der Waals surface area (Å²) in [5.41, 5.74) is 16.5. The van der Waals surface area contributed by atoms with Crippen molar-refractivity contribution in [3.8, 4) is 11.5 Å². The summed E-state index contributed by atoms with van der Waals surface area (Å²) in [4.78, 5) is 28.5. The van der Waals surface area contributed by atoms with Crippen LogP contribution in [-0.4, -0.2) is 89.8 Å². The van der Waals surface area contributed by atoms with Crippen LogP contribution in [-0.2, 0) is 43.3 Å². The van der Waals surface area contributed by atoms with E-state index in [-0.39, 0.29) is 44.3 Å². The van der Waals surface area contributed by atoms with Crippen LogP contribution in [0.15, 0.2) is 224 Å². The number of hydrogen-bond donors (Lipinski definition) is 0. The summed E-state index contributed by atoms with van der Waals surface area (Å²) in [6.07, 6.45) is 13.1. The van der Waals surface area contributed by atoms with Crippen molar-refractivity contribution in [2.45, 2.75) is 181 Å². The van der Waals surface area contributed by atoms with Crippen LogP contribution in [0.3, 0.4) is 0 Å². The lowest BCUT2D eigenvalue weighted by atomic mass is 9.64. The van der Waals surface area contributed by atoms with Gasteiger partial charge in [-0.15, -0.1) is 0 Å². The van der Waals surface area contributed by atoms with Crippen molar-refractivity contribution >= 4 is 37.3 Å². The SMILES string of the molecule is CC(C)(C)c1ccc(C(c2ccc(OCCCN=CC3C=NCCN=CC(C=NCCCOc4ccc(C(c5ccc(C(C)(C)C)cc5)(c5ccc(C(C)(C)C)cc5)c5ccc(C(C)(C)C)cc5)cc4)C=NCCN=C3)cc2)(c2ccc(C(C)(C)C)cc2)c2ccc(C(C)(C)C)cc2)cc1. The quantitative estimate of drug-likeness (QED) is 0.0432. The van der Waals surface area contributed by atoms with E-state index in [0.717, 1.165) is 24.3 Å². The average Bonchev–Trinajstić information content (AvgIpc) is 0.736. The summed E-state index contributed by atoms with van der Waals surface area (Å²) in [5.74, 6) is 1.41. The first-order chi connectivity index (χ1) is 47.4. The Morgan fingerprint density at radius 1 is 0.270 bits per heavy atom. The van der Waals surface area contributed by atoms with Gasteiger partial charge < -0.3 is 9.47 Å². The molecule has 8 heteroatoms. The number of aliphatic imine (C=N–C) groups is 6. The summed E-state index contributed by atoms with van der Waals surface area (Å²) < 4.78 is 12.8. The van der Waals surface area contributed by atoms with Crippen LogP contribution in [0.25, 0.3) is 0 Å². The highest BCUT2D eigenvalue weighted by Gasteiger charge is 2.41. The number of hydrogen-bond acceptors (Lipinski definition) is 8. The van der Waals surface area contributed by atoms with Gasteiger partial charge in [0, 0.05) is 63.2 Å². The Labute approximate surface area is 601 Å². The van der Waals surface area contributed by atoms with E-state index in [1.165, 1.54) is 77.9 Å². The van der Waals surface area contributed by atoms with E-state index in [9.17, 15) is 0 Å². The predicted molar refractivity (Wildman–Crippen MR) is 429 cm³/mol. The molecule has 1 heterocycles. The van der Waals surface area contributed by atoms with Gasteiger partial charge in [0.2, 0.25) is 0 Å². The molecule has 0 atom stereocenters. The van der Waals surface area contributed by atoms with Crippen LogP contribution in [0, 0.1) is 11.8 Å². The third-order valence-corrected chi connectivity index (χ3v) is 19.5. The first-order valence-corrected chi connectivity index (χ1v) is 36.5. The second kappa shape index (κ2) is 32.4. The van der Waals surface area contributed by atoms with Gasteiger partial charge in [0.1, 0.15) is 11.5 Å². The second-order valence-corrected chi connectivity index (χ2v) is 33.4. The Morgan fingerprint density at radius 2 is 0.440 bits per heavy atom. The number of ether oxygens (including phenoxy) is 2. The zero-order chi connectivity index (χ0) is 72.0. The lowest BCUT2D eigenvalue weighted by molar-refractivity contribution is 0.313. The highest BCUT2D eigenvalue weighted by Crippen LogP contribution is 2.49. The normalized spacial score (nSPS) is 15.7. The van der Waals surface area contributed by atoms with Gasteiger partial charge in [0.25, 0.3) is 0 Å². The third-order valence-electron chi connectivity index (χ3n) is 19.5. The summed E-state index contributed by atoms with van der Waals surface area (Å²) in [6, 6.07) is 73.4. The smallest absolute Gasteiger partial charge is 0.119 e. The number of nitrogens with zero attached hydrogens (tertiary/aromatic N) is 6. The standard InChI is InChI=1S/C92H114N6O2/c1-85(2,3)69-21-33-75(34-22-69)91(76-35-23-70(24-36-76)86(4,5)6,77-37-25-71(26-38-77)87(7,8)9)81-45-49-83(50-46-81)99-59-19-53-93-61-67-63-95-55-57-97-65-68(66-98-58-56-96-64-67)62-94-54-20-60-100-84-51-47-82(48-52-84)92(78-39-27-72(28-40-78)88(10,11)12,79-41-29-73(30-42-79)89(13,14)15)80-43-31-74(32-44-80)90(16,17)18/h21-52,61-68H,19-20,53-60H2,1-18H3. The molecule has 524 valence electrons. The maximum atomic E-state index is 6.41. The lowest BCUT2D eigenvalue weighted by Crippen LogP contribution is -2.31. The fourth-order valence-corrected chi connectivity index (χ4v) is 13.3. The molecule has 0 bridgehead atoms. The molecule has 1 aliphatic rings. The lowest BCUT2D eigenvalue weighted by Gasteiger charge is -2.38. The molecule has 8 nitrogen and oxygen atoms in total. The Hall–Kier alpha value is -8.62. The first-order valence-electron chi connectivity index (χ1n) is 36.5. The Bertz CT molecular complexity index is 3480. The molecule has 0 radical (unpaired) electrons. The van der Waals surface area contributed by atoms with Crippen molar-refractivity contribution in [3.63, 3.8) is 0 Å². The van der Waals surface area contributed by atoms with E-state index in [1.807, 2.05) is 37.3 Å². The van der Waals surface area contributed by atoms with Crippen molar-refractivity contribution in [1.82, 2.24) is 0 Å². The number of rotatable bonds is 20. The Balaban J connectivity index is 0.787. The predicted octanol–water partition coefficient (Wildman–Crippen LogP) is 21.1. The molecule has 8 aromatic carbocycles. The first kappa shape index (κ1) is 75.6. The van der Waals surface area contributed by atoms with E-state index in [2.05, 4.69) is 319 Å². The molecule has 0 N–H and O–H groups in total. The van der Waals surface area contributed by atoms with Gasteiger partial charge in [0.05, 0.1) is 62.1 Å². The van der Waals surface area contributed by atoms with Gasteiger partial charge in [0.15, 0.2) is 0 Å². The van der Waals surface area contributed by atoms with Crippen LogP contribution in [0.4, 0.5) is 0 Å². The van der Waals surface area contributed by atoms with Crippen molar-refractivity contribution in [2.24, 2.45) is 41.8 Å². The van der Waals surface area contributed by atoms with Crippen LogP contribution in [0.1, 0.15) is 215 Å². The molecule has 0 unspecified atom stereocenters. The zero-order valence-corrected chi connectivity index (χ0v) is 63.7. The van der Waals surface area contributed by atoms with E-state index >= 15 is 0 Å². The second-order valence-electron chi connectivity index (χ2n) is 33.4. The fraction of sp³-hybridized carbons (Fsp3) is 0.413. The topological polar surface area (TPSA) is 92.6 Å². The van der Waals surface area contributed by atoms with Crippen molar-refractivity contribution in [1.29, 1.82) is 0 Å². The van der Waals surface area contributed by atoms with Crippen molar-refractivity contribution < 1.29 is 9.47 Å². The maximum absolute atomic E-state index is 6.41. The highest BCUT2D eigenvalue weighted by atomic mass is 16.5. The monoisotopic (exact) mass is 1330 g/mol. The Morgan fingerprint density at radius 3 is 0.620 bits per heavy atom. The van der Waals surface area contributed by atoms with Crippen LogP contribution in [0.5, 0.6) is 11.5 Å². The van der Waals surface area contributed by atoms with Crippen LogP contribution in [0.2, 0.25) is 0 Å². The molecule has 100 heavy (non-hydrogen) atoms. The molecule has 0 aromatic heterocycles. The minimum Gasteiger partial charge on any atom is -0.494 e. The van der Waals surface area contributed by atoms with E-state index < -0.39 is 10.8 Å². The minimum atomic E-state index is -0.592. The van der Waals surface area contributed by atoms with Gasteiger partial charge in [-0.25, -0.2) is 0 Å². The Kier molecular flexibility index (Phi) is 24.5. The molecule has 0 saturated heterocycles. The number of benzene rings is 8. The highest BCUT2D eigenvalue weighted by molar-refractivity contribution is 6.02. The largest absolute Gasteiger partial charge is 0.494 e. The molecule has 8 aromatic rings. The summed E-state index contributed by atoms with van der Waals surface area (Å²) in [7, 11) is 0. The summed E-state index contributed by atoms with van der Waals surface area (Å²) >= 11 is 0. The van der Waals surface area contributed by atoms with Gasteiger partial charge >= 0.3 is 0 Å². The summed E-state index contributed by atoms with van der Waals surface area (Å²) in [6.45, 7) is 45.5. The molecule has 1 aliphatic heterocycles. The maximum Gasteiger partial charge on any atom is 0.119 e. The fourth-order valence-electron chi connectivity index (χ4n) is 13.3. The van der Waals surface area contributed by atoms with E-state index in [0.29, 0.717) is 52.5 Å². The average molecular weight is 1340 g/mol. The van der Waals surface area contributed by atoms with Crippen LogP contribution >= 0.6 is 0 Å². The van der Waals surface area contributed by atoms with Crippen molar-refractivity contribution in [2.75, 3.05) is 52.5 Å². The van der Waals surface area contributed by atoms with Crippen molar-refractivity contribution in [3.05, 3.63) is 272 Å². The molecule has 0 spiro atoms. The molecule has 0 fully saturated rings. The van der Waals surface area contributed by atoms with E-state index in [1.54, 1.807) is 0 Å². The molecular formula is C92H114N6O2. The summed E-state index contributed by atoms with van der Waals surface area (Å²) in [5, 5.41) is 0. The molecule has 0 saturated carbocycles. The molecule has 0 amide bonds. The molecule has 0 aliphatic carbocycles. The zero-order valence-electron chi connectivity index (χ0n) is 63.7. The third kappa shape index (κ3) is 19.1. The molecule has 9 rings (SSSR count). The van der Waals surface area contributed by atoms with Gasteiger partial charge in [-0.3, -0.25) is 30.0 Å². The van der Waals surface area contributed by atoms with Gasteiger partial charge in [-0.2, -0.15) is 0 Å². The minimum absolute atomic E-state index is 0.0270. The van der Waals surface area contributed by atoms with Gasteiger partial charge in [-0.1, -0.05) is 294 Å². The van der Waals surface area contributed by atoms with E-state index in [4.69, 9.17) is 39.4 Å². The van der Waals surface area contributed by atoms with Crippen LogP contribution < -0.4 is 9.47 Å². The molecular weight excluding hydrogens is 1220 g/mol.